The van der Waals surface area contributed by atoms with Crippen LogP contribution in [0.1, 0.15) is 58.1 Å². The van der Waals surface area contributed by atoms with Gasteiger partial charge in [0.2, 0.25) is 0 Å². The molecular weight excluding hydrogens is 503 g/mol. The van der Waals surface area contributed by atoms with E-state index in [1.54, 1.807) is 0 Å². The fourth-order valence-electron chi connectivity index (χ4n) is 4.64. The van der Waals surface area contributed by atoms with E-state index in [0.29, 0.717) is 6.04 Å². The first-order valence-corrected chi connectivity index (χ1v) is 13.4. The summed E-state index contributed by atoms with van der Waals surface area (Å²) in [4.78, 5) is 11.7. The van der Waals surface area contributed by atoms with Crippen LogP contribution in [0.5, 0.6) is 0 Å². The number of anilines is 1. The third-order valence-corrected chi connectivity index (χ3v) is 9.11. The van der Waals surface area contributed by atoms with Crippen LogP contribution in [-0.2, 0) is 10.8 Å². The van der Waals surface area contributed by atoms with Crippen molar-refractivity contribution < 1.29 is 31.7 Å². The molecule has 31 heavy (non-hydrogen) atoms. The molecule has 1 aliphatic heterocycles. The molecule has 0 unspecified atom stereocenters. The Labute approximate surface area is 196 Å². The van der Waals surface area contributed by atoms with E-state index in [0.717, 1.165) is 36.7 Å². The molecule has 2 heterocycles. The molecule has 7 heteroatoms. The molecule has 0 radical (unpaired) electrons. The van der Waals surface area contributed by atoms with Crippen LogP contribution in [-0.4, -0.2) is 50.0 Å². The second-order valence-corrected chi connectivity index (χ2v) is 12.7. The number of alkyl halides is 1. The molecule has 0 bridgehead atoms. The van der Waals surface area contributed by atoms with Gasteiger partial charge in [0.1, 0.15) is 0 Å². The van der Waals surface area contributed by atoms with Crippen LogP contribution in [0.4, 0.5) is 5.95 Å². The zero-order valence-electron chi connectivity index (χ0n) is 18.9. The van der Waals surface area contributed by atoms with E-state index in [-0.39, 0.29) is 17.4 Å². The third kappa shape index (κ3) is 4.89. The Bertz CT molecular complexity index is 934. The number of nitrogens with zero attached hydrogens (tertiary/aromatic N) is 3. The fourth-order valence-corrected chi connectivity index (χ4v) is 6.27. The zero-order chi connectivity index (χ0) is 22.2. The van der Waals surface area contributed by atoms with Crippen molar-refractivity contribution in [2.24, 2.45) is 0 Å². The van der Waals surface area contributed by atoms with Crippen molar-refractivity contribution >= 4 is 5.95 Å². The second kappa shape index (κ2) is 8.92. The average Bonchev–Trinajstić information content (AvgIpc) is 3.24. The van der Waals surface area contributed by atoms with Crippen LogP contribution >= 0.6 is 0 Å². The summed E-state index contributed by atoms with van der Waals surface area (Å²) in [6.45, 7) is 11.0. The van der Waals surface area contributed by atoms with Gasteiger partial charge in [-0.3, -0.25) is 0 Å². The topological polar surface area (TPSA) is 81.5 Å². The molecule has 1 fully saturated rings. The number of aliphatic hydroxyl groups excluding tert-OH is 2. The minimum atomic E-state index is -0.619. The molecule has 0 spiro atoms. The Hall–Kier alpha value is -1.29. The van der Waals surface area contributed by atoms with E-state index >= 15 is 0 Å². The summed E-state index contributed by atoms with van der Waals surface area (Å²) < 4.78 is 2.83. The standard InChI is InChI=1S/C24H34IN4O2/c1-23(2)9-10-24(3,4)19-13-16(5-6-18(19)23)20-7-11-26-22(27-20)29-12-8-17(14-29)28-25-21(31)15-30/h5-7,11,13,17,21,28,30-31H,8-10,12,14-15H2,1-4H3/q-1/t17-,21+/m0/s1. The van der Waals surface area contributed by atoms with Crippen LogP contribution in [0.25, 0.3) is 11.3 Å². The van der Waals surface area contributed by atoms with Crippen molar-refractivity contribution in [3.05, 3.63) is 41.6 Å². The van der Waals surface area contributed by atoms with Crippen LogP contribution in [0, 0.1) is 0 Å². The van der Waals surface area contributed by atoms with Gasteiger partial charge in [0, 0.05) is 0 Å². The van der Waals surface area contributed by atoms with Crippen molar-refractivity contribution in [2.75, 3.05) is 24.6 Å². The van der Waals surface area contributed by atoms with Crippen LogP contribution in [0.15, 0.2) is 30.5 Å². The first-order chi connectivity index (χ1) is 14.7. The number of benzene rings is 1. The summed E-state index contributed by atoms with van der Waals surface area (Å²) in [5, 5.41) is 18.6. The second-order valence-electron chi connectivity index (χ2n) is 10.0. The Balaban J connectivity index is 1.54. The van der Waals surface area contributed by atoms with Crippen LogP contribution < -0.4 is 29.9 Å². The van der Waals surface area contributed by atoms with Crippen molar-refractivity contribution in [1.82, 2.24) is 13.5 Å². The van der Waals surface area contributed by atoms with Gasteiger partial charge in [-0.15, -0.1) is 0 Å². The predicted molar refractivity (Wildman–Crippen MR) is 120 cm³/mol. The van der Waals surface area contributed by atoms with E-state index in [1.807, 2.05) is 12.3 Å². The normalized spacial score (nSPS) is 23.0. The molecule has 0 amide bonds. The van der Waals surface area contributed by atoms with E-state index < -0.39 is 25.6 Å². The van der Waals surface area contributed by atoms with Crippen molar-refractivity contribution in [3.8, 4) is 11.3 Å². The van der Waals surface area contributed by atoms with Crippen LogP contribution in [0.3, 0.4) is 0 Å². The van der Waals surface area contributed by atoms with Crippen molar-refractivity contribution in [1.29, 1.82) is 0 Å². The number of aromatic nitrogens is 2. The molecule has 2 aromatic rings. The van der Waals surface area contributed by atoms with Gasteiger partial charge in [-0.25, -0.2) is 0 Å². The van der Waals surface area contributed by atoms with Gasteiger partial charge < -0.3 is 0 Å². The molecule has 2 aliphatic rings. The average molecular weight is 537 g/mol. The van der Waals surface area contributed by atoms with Gasteiger partial charge in [-0.05, 0) is 6.42 Å². The van der Waals surface area contributed by atoms with Gasteiger partial charge in [0.05, 0.1) is 0 Å². The maximum atomic E-state index is 9.62. The molecule has 1 aliphatic carbocycles. The van der Waals surface area contributed by atoms with Gasteiger partial charge in [-0.1, -0.05) is 13.8 Å². The number of nitrogens with one attached hydrogen (secondary N) is 1. The Morgan fingerprint density at radius 2 is 1.90 bits per heavy atom. The summed E-state index contributed by atoms with van der Waals surface area (Å²) in [7, 11) is 0. The van der Waals surface area contributed by atoms with Crippen molar-refractivity contribution in [3.63, 3.8) is 0 Å². The monoisotopic (exact) mass is 537 g/mol. The maximum absolute atomic E-state index is 9.62. The molecule has 0 saturated carbocycles. The molecule has 1 aromatic carbocycles. The summed E-state index contributed by atoms with van der Waals surface area (Å²) in [5.41, 5.74) is 5.41. The number of hydrogen-bond acceptors (Lipinski definition) is 6. The Morgan fingerprint density at radius 1 is 1.16 bits per heavy atom. The van der Waals surface area contributed by atoms with Crippen molar-refractivity contribution in [2.45, 2.75) is 67.9 Å². The first kappa shape index (κ1) is 22.9. The summed E-state index contributed by atoms with van der Waals surface area (Å²) in [6.07, 6.45) is 5.26. The number of rotatable bonds is 6. The zero-order valence-corrected chi connectivity index (χ0v) is 21.1. The SMILES string of the molecule is CC1(C)CCC(C)(C)c2cc(-c3ccnc(N4CC[C@H](N[I-][C@H](O)CO)C4)n3)ccc21. The Kier molecular flexibility index (Phi) is 6.59. The molecule has 3 N–H and O–H groups in total. The number of hydrogen-bond donors (Lipinski definition) is 3. The van der Waals surface area contributed by atoms with Gasteiger partial charge in [0.25, 0.3) is 0 Å². The molecule has 6 nitrogen and oxygen atoms in total. The predicted octanol–water partition coefficient (Wildman–Crippen LogP) is -0.0244. The molecule has 1 saturated heterocycles. The van der Waals surface area contributed by atoms with E-state index in [4.69, 9.17) is 10.1 Å². The number of halogens is 1. The van der Waals surface area contributed by atoms with Gasteiger partial charge in [-0.2, -0.15) is 0 Å². The summed E-state index contributed by atoms with van der Waals surface area (Å²) >= 11 is -0.619. The van der Waals surface area contributed by atoms with Crippen LogP contribution in [0.2, 0.25) is 0 Å². The molecular formula is C24H34IN4O2-. The summed E-state index contributed by atoms with van der Waals surface area (Å²) in [5.74, 6) is 0.764. The molecule has 1 aromatic heterocycles. The number of fused-ring (bicyclic) bond motifs is 1. The van der Waals surface area contributed by atoms with Gasteiger partial charge in [0.15, 0.2) is 0 Å². The first-order valence-electron chi connectivity index (χ1n) is 11.1. The van der Waals surface area contributed by atoms with E-state index in [1.165, 1.54) is 24.0 Å². The van der Waals surface area contributed by atoms with Gasteiger partial charge >= 0.3 is 176 Å². The Morgan fingerprint density at radius 3 is 2.65 bits per heavy atom. The molecule has 170 valence electrons. The van der Waals surface area contributed by atoms with E-state index in [9.17, 15) is 5.11 Å². The summed E-state index contributed by atoms with van der Waals surface area (Å²) in [6, 6.07) is 9.18. The third-order valence-electron chi connectivity index (χ3n) is 6.76. The molecule has 4 rings (SSSR count). The fraction of sp³-hybridized carbons (Fsp3) is 0.583. The quantitative estimate of drug-likeness (QED) is 0.273. The number of aliphatic hydroxyl groups is 2. The minimum absolute atomic E-state index is 0.170. The molecule has 2 atom stereocenters. The van der Waals surface area contributed by atoms with E-state index in [2.05, 4.69) is 59.3 Å².